The molecule has 0 saturated heterocycles. The van der Waals surface area contributed by atoms with Crippen LogP contribution in [0.25, 0.3) is 0 Å². The first-order valence-corrected chi connectivity index (χ1v) is 4.01. The van der Waals surface area contributed by atoms with E-state index in [4.69, 9.17) is 0 Å². The number of nitrogens with one attached hydrogen (secondary N) is 1. The molecule has 0 aliphatic rings. The normalized spacial score (nSPS) is 9.46. The van der Waals surface area contributed by atoms with Crippen molar-refractivity contribution in [3.05, 3.63) is 23.1 Å². The molecule has 0 aliphatic carbocycles. The molecule has 0 amide bonds. The predicted molar refractivity (Wildman–Crippen MR) is 55.8 cm³/mol. The van der Waals surface area contributed by atoms with Crippen LogP contribution in [0.4, 0.5) is 17.1 Å². The zero-order chi connectivity index (χ0) is 9.84. The summed E-state index contributed by atoms with van der Waals surface area (Å²) >= 11 is 0. The summed E-state index contributed by atoms with van der Waals surface area (Å²) in [5.41, 5.74) is 2.16. The van der Waals surface area contributed by atoms with Crippen molar-refractivity contribution in [3.8, 4) is 0 Å². The standard InChI is InChI=1S/C9H13N3O/c1-10-8-5-4-7(12(2)3)6-9(8)11-13/h4-6,10H,1-3H3. The van der Waals surface area contributed by atoms with Gasteiger partial charge >= 0.3 is 0 Å². The maximum absolute atomic E-state index is 10.5. The highest BCUT2D eigenvalue weighted by Crippen LogP contribution is 2.28. The molecular formula is C9H13N3O. The van der Waals surface area contributed by atoms with Gasteiger partial charge in [0.05, 0.1) is 5.69 Å². The van der Waals surface area contributed by atoms with Gasteiger partial charge in [0.1, 0.15) is 5.69 Å². The van der Waals surface area contributed by atoms with E-state index in [1.165, 1.54) is 0 Å². The minimum absolute atomic E-state index is 0.439. The molecule has 70 valence electrons. The first-order valence-electron chi connectivity index (χ1n) is 4.01. The lowest BCUT2D eigenvalue weighted by molar-refractivity contribution is 1.13. The molecule has 1 N–H and O–H groups in total. The Bertz CT molecular complexity index is 310. The van der Waals surface area contributed by atoms with Crippen molar-refractivity contribution in [2.45, 2.75) is 0 Å². The van der Waals surface area contributed by atoms with Gasteiger partial charge in [-0.3, -0.25) is 0 Å². The van der Waals surface area contributed by atoms with Crippen molar-refractivity contribution in [2.24, 2.45) is 5.18 Å². The van der Waals surface area contributed by atoms with Gasteiger partial charge in [0.25, 0.3) is 0 Å². The maximum Gasteiger partial charge on any atom is 0.133 e. The van der Waals surface area contributed by atoms with E-state index in [1.807, 2.05) is 31.1 Å². The average Bonchev–Trinajstić information content (AvgIpc) is 2.16. The Morgan fingerprint density at radius 2 is 2.08 bits per heavy atom. The summed E-state index contributed by atoms with van der Waals surface area (Å²) in [6, 6.07) is 5.52. The Morgan fingerprint density at radius 1 is 1.38 bits per heavy atom. The molecule has 0 aliphatic heterocycles. The number of anilines is 2. The highest BCUT2D eigenvalue weighted by molar-refractivity contribution is 5.70. The second-order valence-corrected chi connectivity index (χ2v) is 2.94. The van der Waals surface area contributed by atoms with E-state index in [0.717, 1.165) is 11.4 Å². The molecule has 1 rings (SSSR count). The van der Waals surface area contributed by atoms with E-state index < -0.39 is 0 Å². The number of nitroso groups, excluding NO2 is 1. The van der Waals surface area contributed by atoms with Gasteiger partial charge in [-0.1, -0.05) is 0 Å². The molecule has 0 unspecified atom stereocenters. The number of rotatable bonds is 3. The molecule has 0 radical (unpaired) electrons. The van der Waals surface area contributed by atoms with Crippen molar-refractivity contribution in [1.29, 1.82) is 0 Å². The fraction of sp³-hybridized carbons (Fsp3) is 0.333. The van der Waals surface area contributed by atoms with Crippen molar-refractivity contribution in [3.63, 3.8) is 0 Å². The molecule has 0 bridgehead atoms. The van der Waals surface area contributed by atoms with Crippen LogP contribution in [0.2, 0.25) is 0 Å². The second-order valence-electron chi connectivity index (χ2n) is 2.94. The van der Waals surface area contributed by atoms with Crippen molar-refractivity contribution in [2.75, 3.05) is 31.4 Å². The summed E-state index contributed by atoms with van der Waals surface area (Å²) in [6.07, 6.45) is 0. The molecule has 1 aromatic carbocycles. The largest absolute Gasteiger partial charge is 0.386 e. The molecular weight excluding hydrogens is 166 g/mol. The first-order chi connectivity index (χ1) is 6.19. The Morgan fingerprint density at radius 3 is 2.54 bits per heavy atom. The average molecular weight is 179 g/mol. The number of benzene rings is 1. The van der Waals surface area contributed by atoms with Crippen LogP contribution in [0.15, 0.2) is 23.4 Å². The van der Waals surface area contributed by atoms with Crippen LogP contribution in [0.3, 0.4) is 0 Å². The highest BCUT2D eigenvalue weighted by Gasteiger charge is 2.03. The van der Waals surface area contributed by atoms with Crippen molar-refractivity contribution in [1.82, 2.24) is 0 Å². The van der Waals surface area contributed by atoms with E-state index in [0.29, 0.717) is 5.69 Å². The van der Waals surface area contributed by atoms with E-state index >= 15 is 0 Å². The van der Waals surface area contributed by atoms with E-state index in [1.54, 1.807) is 13.1 Å². The predicted octanol–water partition coefficient (Wildman–Crippen LogP) is 2.19. The summed E-state index contributed by atoms with van der Waals surface area (Å²) in [5, 5.41) is 5.85. The molecule has 13 heavy (non-hydrogen) atoms. The summed E-state index contributed by atoms with van der Waals surface area (Å²) in [7, 11) is 5.60. The third-order valence-electron chi connectivity index (χ3n) is 1.87. The Labute approximate surface area is 77.5 Å². The minimum Gasteiger partial charge on any atom is -0.386 e. The maximum atomic E-state index is 10.5. The summed E-state index contributed by atoms with van der Waals surface area (Å²) in [6.45, 7) is 0. The van der Waals surface area contributed by atoms with Gasteiger partial charge in [-0.2, -0.15) is 0 Å². The van der Waals surface area contributed by atoms with Gasteiger partial charge in [-0.05, 0) is 23.4 Å². The first kappa shape index (κ1) is 9.51. The van der Waals surface area contributed by atoms with Gasteiger partial charge < -0.3 is 10.2 Å². The second kappa shape index (κ2) is 3.89. The molecule has 0 fully saturated rings. The minimum atomic E-state index is 0.439. The molecule has 1 aromatic rings. The van der Waals surface area contributed by atoms with Crippen LogP contribution < -0.4 is 10.2 Å². The molecule has 0 heterocycles. The van der Waals surface area contributed by atoms with Crippen LogP contribution in [0.5, 0.6) is 0 Å². The smallest absolute Gasteiger partial charge is 0.133 e. The summed E-state index contributed by atoms with van der Waals surface area (Å²) in [5.74, 6) is 0. The zero-order valence-corrected chi connectivity index (χ0v) is 8.03. The van der Waals surface area contributed by atoms with E-state index in [9.17, 15) is 4.91 Å². The fourth-order valence-electron chi connectivity index (χ4n) is 1.09. The lowest BCUT2D eigenvalue weighted by Gasteiger charge is -2.13. The number of nitrogens with zero attached hydrogens (tertiary/aromatic N) is 2. The SMILES string of the molecule is CNc1ccc(N(C)C)cc1N=O. The Balaban J connectivity index is 3.13. The molecule has 0 aromatic heterocycles. The van der Waals surface area contributed by atoms with Crippen LogP contribution in [-0.2, 0) is 0 Å². The van der Waals surface area contributed by atoms with Gasteiger partial charge in [0.2, 0.25) is 0 Å². The van der Waals surface area contributed by atoms with E-state index in [2.05, 4.69) is 10.5 Å². The zero-order valence-electron chi connectivity index (χ0n) is 8.03. The topological polar surface area (TPSA) is 44.7 Å². The molecule has 0 spiro atoms. The third kappa shape index (κ3) is 1.96. The lowest BCUT2D eigenvalue weighted by Crippen LogP contribution is -2.08. The quantitative estimate of drug-likeness (QED) is 0.723. The van der Waals surface area contributed by atoms with Gasteiger partial charge in [0, 0.05) is 26.8 Å². The van der Waals surface area contributed by atoms with Gasteiger partial charge in [0.15, 0.2) is 0 Å². The van der Waals surface area contributed by atoms with Crippen LogP contribution >= 0.6 is 0 Å². The third-order valence-corrected chi connectivity index (χ3v) is 1.87. The Hall–Kier alpha value is -1.58. The van der Waals surface area contributed by atoms with Crippen LogP contribution in [0, 0.1) is 4.91 Å². The highest BCUT2D eigenvalue weighted by atomic mass is 16.3. The van der Waals surface area contributed by atoms with Crippen LogP contribution in [-0.4, -0.2) is 21.1 Å². The summed E-state index contributed by atoms with van der Waals surface area (Å²) in [4.78, 5) is 12.4. The van der Waals surface area contributed by atoms with E-state index in [-0.39, 0.29) is 0 Å². The van der Waals surface area contributed by atoms with Crippen LogP contribution in [0.1, 0.15) is 0 Å². The summed E-state index contributed by atoms with van der Waals surface area (Å²) < 4.78 is 0. The van der Waals surface area contributed by atoms with Gasteiger partial charge in [-0.15, -0.1) is 4.91 Å². The van der Waals surface area contributed by atoms with Crippen molar-refractivity contribution < 1.29 is 0 Å². The van der Waals surface area contributed by atoms with Crippen molar-refractivity contribution >= 4 is 17.1 Å². The molecule has 4 heteroatoms. The lowest BCUT2D eigenvalue weighted by atomic mass is 10.2. The Kier molecular flexibility index (Phi) is 2.84. The molecule has 0 saturated carbocycles. The molecule has 4 nitrogen and oxygen atoms in total. The van der Waals surface area contributed by atoms with Gasteiger partial charge in [-0.25, -0.2) is 0 Å². The molecule has 0 atom stereocenters. The fourth-order valence-corrected chi connectivity index (χ4v) is 1.09. The number of hydrogen-bond donors (Lipinski definition) is 1. The number of hydrogen-bond acceptors (Lipinski definition) is 4. The monoisotopic (exact) mass is 179 g/mol.